The highest BCUT2D eigenvalue weighted by Gasteiger charge is 2.32. The van der Waals surface area contributed by atoms with E-state index in [1.807, 2.05) is 48.5 Å². The molecule has 8 nitrogen and oxygen atoms in total. The van der Waals surface area contributed by atoms with Crippen LogP contribution in [0.4, 0.5) is 0 Å². The quantitative estimate of drug-likeness (QED) is 0.221. The minimum atomic E-state index is -3.67. The first-order chi connectivity index (χ1) is 18.5. The van der Waals surface area contributed by atoms with Crippen LogP contribution in [0.15, 0.2) is 57.5 Å². The summed E-state index contributed by atoms with van der Waals surface area (Å²) in [5, 5.41) is 2.91. The molecule has 206 valence electrons. The number of carbonyl (C=O) groups excluding carboxylic acids is 1. The molecule has 4 aromatic rings. The van der Waals surface area contributed by atoms with E-state index in [1.165, 1.54) is 0 Å². The Balaban J connectivity index is 0.000000567. The molecule has 11 heteroatoms. The van der Waals surface area contributed by atoms with E-state index in [4.69, 9.17) is 14.0 Å². The summed E-state index contributed by atoms with van der Waals surface area (Å²) in [5.41, 5.74) is 3.49. The second-order valence-electron chi connectivity index (χ2n) is 9.71. The average Bonchev–Trinajstić information content (AvgIpc) is 3.18. The molecule has 1 fully saturated rings. The van der Waals surface area contributed by atoms with Crippen molar-refractivity contribution in [1.29, 1.82) is 0 Å². The molecule has 0 bridgehead atoms. The standard InChI is InChI=1S/C27H24Br2N2O3.CH4O3S/c1-16-25(27(32)20-5-2-4-19-22(20)12-17(28)13-23(19)29)21-6-3-7-24-26(21)31(16)18(15-34-24)14-30-8-10-33-11-9-30;1-5(2,3)4/h2-7,12-13,18H,8-11,14-15H2,1H3;1H3,(H,2,3,4). The topological polar surface area (TPSA) is 98.1 Å². The van der Waals surface area contributed by atoms with Gasteiger partial charge in [0.2, 0.25) is 0 Å². The number of ether oxygens (including phenoxy) is 2. The SMILES string of the molecule is CS(=O)(=O)O.Cc1c(C(=O)c2cccc3c(Br)cc(Br)cc23)c2cccc3c2n1C(CN1CCOCC1)CO3. The molecule has 0 aliphatic carbocycles. The largest absolute Gasteiger partial charge is 0.489 e. The summed E-state index contributed by atoms with van der Waals surface area (Å²) < 4.78 is 41.8. The van der Waals surface area contributed by atoms with E-state index in [-0.39, 0.29) is 11.8 Å². The Morgan fingerprint density at radius 1 is 1.05 bits per heavy atom. The van der Waals surface area contributed by atoms with Crippen molar-refractivity contribution in [1.82, 2.24) is 9.47 Å². The van der Waals surface area contributed by atoms with Crippen molar-refractivity contribution in [2.24, 2.45) is 0 Å². The first-order valence-electron chi connectivity index (χ1n) is 12.4. The zero-order chi connectivity index (χ0) is 27.9. The van der Waals surface area contributed by atoms with E-state index < -0.39 is 10.1 Å². The molecule has 0 saturated carbocycles. The van der Waals surface area contributed by atoms with Crippen LogP contribution in [0.5, 0.6) is 5.75 Å². The van der Waals surface area contributed by atoms with Crippen LogP contribution in [0.1, 0.15) is 27.7 Å². The van der Waals surface area contributed by atoms with Gasteiger partial charge in [-0.3, -0.25) is 14.2 Å². The molecule has 1 unspecified atom stereocenters. The number of hydrogen-bond donors (Lipinski definition) is 1. The van der Waals surface area contributed by atoms with Gasteiger partial charge in [0.25, 0.3) is 10.1 Å². The van der Waals surface area contributed by atoms with Gasteiger partial charge in [-0.2, -0.15) is 8.42 Å². The van der Waals surface area contributed by atoms with Gasteiger partial charge >= 0.3 is 0 Å². The molecular weight excluding hydrogens is 652 g/mol. The molecule has 3 heterocycles. The molecule has 1 atom stereocenters. The lowest BCUT2D eigenvalue weighted by Crippen LogP contribution is -2.42. The zero-order valence-electron chi connectivity index (χ0n) is 21.5. The van der Waals surface area contributed by atoms with Crippen molar-refractivity contribution >= 4 is 69.4 Å². The van der Waals surface area contributed by atoms with Crippen LogP contribution in [0.2, 0.25) is 0 Å². The number of carbonyl (C=O) groups is 1. The van der Waals surface area contributed by atoms with Gasteiger partial charge in [-0.1, -0.05) is 62.2 Å². The second-order valence-corrected chi connectivity index (χ2v) is 12.9. The number of para-hydroxylation sites is 1. The van der Waals surface area contributed by atoms with E-state index in [2.05, 4.69) is 48.3 Å². The van der Waals surface area contributed by atoms with Crippen molar-refractivity contribution in [3.8, 4) is 5.75 Å². The number of benzene rings is 3. The van der Waals surface area contributed by atoms with Crippen LogP contribution in [-0.4, -0.2) is 73.9 Å². The molecule has 0 spiro atoms. The maximum atomic E-state index is 14.2. The average molecular weight is 680 g/mol. The Kier molecular flexibility index (Phi) is 8.19. The van der Waals surface area contributed by atoms with Crippen LogP contribution in [0, 0.1) is 6.92 Å². The van der Waals surface area contributed by atoms with Crippen LogP contribution >= 0.6 is 31.9 Å². The Morgan fingerprint density at radius 2 is 1.72 bits per heavy atom. The number of nitrogens with zero attached hydrogens (tertiary/aromatic N) is 2. The van der Waals surface area contributed by atoms with Gasteiger partial charge in [-0.25, -0.2) is 0 Å². The van der Waals surface area contributed by atoms with Crippen LogP contribution in [-0.2, 0) is 14.9 Å². The fourth-order valence-electron chi connectivity index (χ4n) is 5.43. The molecule has 0 radical (unpaired) electrons. The highest BCUT2D eigenvalue weighted by atomic mass is 79.9. The molecule has 1 saturated heterocycles. The minimum absolute atomic E-state index is 0.0426. The maximum absolute atomic E-state index is 14.2. The number of halogens is 2. The smallest absolute Gasteiger partial charge is 0.261 e. The Labute approximate surface area is 243 Å². The van der Waals surface area contributed by atoms with Gasteiger partial charge in [-0.15, -0.1) is 0 Å². The molecule has 2 aliphatic heterocycles. The molecule has 6 rings (SSSR count). The molecule has 1 aromatic heterocycles. The lowest BCUT2D eigenvalue weighted by molar-refractivity contribution is 0.0272. The van der Waals surface area contributed by atoms with Gasteiger partial charge < -0.3 is 14.0 Å². The number of hydrogen-bond acceptors (Lipinski definition) is 6. The van der Waals surface area contributed by atoms with Crippen molar-refractivity contribution in [3.05, 3.63) is 74.3 Å². The summed E-state index contributed by atoms with van der Waals surface area (Å²) in [7, 11) is -3.67. The maximum Gasteiger partial charge on any atom is 0.261 e. The van der Waals surface area contributed by atoms with Crippen molar-refractivity contribution < 1.29 is 27.2 Å². The number of rotatable bonds is 4. The summed E-state index contributed by atoms with van der Waals surface area (Å²) in [4.78, 5) is 16.6. The third-order valence-electron chi connectivity index (χ3n) is 6.98. The van der Waals surface area contributed by atoms with Crippen LogP contribution in [0.25, 0.3) is 21.7 Å². The van der Waals surface area contributed by atoms with Crippen LogP contribution in [0.3, 0.4) is 0 Å². The predicted octanol–water partition coefficient (Wildman–Crippen LogP) is 5.63. The number of morpholine rings is 1. The van der Waals surface area contributed by atoms with Crippen molar-refractivity contribution in [3.63, 3.8) is 0 Å². The summed E-state index contributed by atoms with van der Waals surface area (Å²) in [6.07, 6.45) is 0.715. The highest BCUT2D eigenvalue weighted by Crippen LogP contribution is 2.40. The van der Waals surface area contributed by atoms with E-state index in [0.29, 0.717) is 18.4 Å². The van der Waals surface area contributed by atoms with E-state index >= 15 is 0 Å². The first kappa shape index (κ1) is 28.3. The zero-order valence-corrected chi connectivity index (χ0v) is 25.5. The normalized spacial score (nSPS) is 17.5. The first-order valence-corrected chi connectivity index (χ1v) is 15.9. The van der Waals surface area contributed by atoms with Gasteiger partial charge in [0.15, 0.2) is 5.78 Å². The molecule has 0 amide bonds. The Hall–Kier alpha value is -2.28. The Morgan fingerprint density at radius 3 is 2.44 bits per heavy atom. The lowest BCUT2D eigenvalue weighted by atomic mass is 9.95. The fourth-order valence-corrected chi connectivity index (χ4v) is 6.79. The minimum Gasteiger partial charge on any atom is -0.489 e. The molecule has 1 N–H and O–H groups in total. The monoisotopic (exact) mass is 678 g/mol. The number of fused-ring (bicyclic) bond motifs is 1. The molecule has 39 heavy (non-hydrogen) atoms. The fraction of sp³-hybridized carbons (Fsp3) is 0.321. The predicted molar refractivity (Wildman–Crippen MR) is 159 cm³/mol. The summed E-state index contributed by atoms with van der Waals surface area (Å²) in [6.45, 7) is 6.93. The summed E-state index contributed by atoms with van der Waals surface area (Å²) in [5.74, 6) is 0.891. The number of ketones is 1. The summed E-state index contributed by atoms with van der Waals surface area (Å²) >= 11 is 7.24. The molecule has 3 aromatic carbocycles. The van der Waals surface area contributed by atoms with E-state index in [0.717, 1.165) is 80.5 Å². The second kappa shape index (κ2) is 11.3. The highest BCUT2D eigenvalue weighted by molar-refractivity contribution is 9.11. The third-order valence-corrected chi connectivity index (χ3v) is 8.10. The van der Waals surface area contributed by atoms with Gasteiger partial charge in [0, 0.05) is 45.2 Å². The molecule has 2 aliphatic rings. The van der Waals surface area contributed by atoms with Crippen molar-refractivity contribution in [2.75, 3.05) is 45.7 Å². The van der Waals surface area contributed by atoms with Crippen molar-refractivity contribution in [2.45, 2.75) is 13.0 Å². The summed E-state index contributed by atoms with van der Waals surface area (Å²) in [6, 6.07) is 16.1. The molecular formula is C28H28Br2N2O6S. The van der Waals surface area contributed by atoms with E-state index in [1.54, 1.807) is 0 Å². The third kappa shape index (κ3) is 5.94. The lowest BCUT2D eigenvalue weighted by Gasteiger charge is -2.34. The van der Waals surface area contributed by atoms with Gasteiger partial charge in [0.05, 0.1) is 36.6 Å². The van der Waals surface area contributed by atoms with E-state index in [9.17, 15) is 13.2 Å². The van der Waals surface area contributed by atoms with Gasteiger partial charge in [-0.05, 0) is 35.9 Å². The number of aromatic nitrogens is 1. The van der Waals surface area contributed by atoms with Crippen LogP contribution < -0.4 is 4.74 Å². The Bertz CT molecular complexity index is 1670. The van der Waals surface area contributed by atoms with Gasteiger partial charge in [0.1, 0.15) is 12.4 Å².